The molecule has 1 aliphatic carbocycles. The van der Waals surface area contributed by atoms with Crippen molar-refractivity contribution in [2.24, 2.45) is 0 Å². The zero-order valence-corrected chi connectivity index (χ0v) is 11.3. The fourth-order valence-electron chi connectivity index (χ4n) is 1.83. The second kappa shape index (κ2) is 5.47. The van der Waals surface area contributed by atoms with Crippen LogP contribution in [0.15, 0.2) is 24.3 Å². The number of rotatable bonds is 5. The molecule has 1 fully saturated rings. The summed E-state index contributed by atoms with van der Waals surface area (Å²) in [4.78, 5) is 0. The normalized spacial score (nSPS) is 14.3. The molecule has 19 heavy (non-hydrogen) atoms. The van der Waals surface area contributed by atoms with Crippen molar-refractivity contribution in [1.82, 2.24) is 15.5 Å². The van der Waals surface area contributed by atoms with E-state index < -0.39 is 0 Å². The van der Waals surface area contributed by atoms with Crippen LogP contribution >= 0.6 is 11.3 Å². The number of hydrogen-bond donors (Lipinski definition) is 1. The van der Waals surface area contributed by atoms with Crippen LogP contribution in [-0.4, -0.2) is 22.8 Å². The van der Waals surface area contributed by atoms with Gasteiger partial charge in [-0.05, 0) is 25.0 Å². The highest BCUT2D eigenvalue weighted by Crippen LogP contribution is 2.24. The third kappa shape index (κ3) is 3.16. The minimum absolute atomic E-state index is 0.669. The second-order valence-corrected chi connectivity index (χ2v) is 5.73. The van der Waals surface area contributed by atoms with Gasteiger partial charge in [0.25, 0.3) is 0 Å². The van der Waals surface area contributed by atoms with E-state index in [4.69, 9.17) is 5.26 Å². The van der Waals surface area contributed by atoms with Gasteiger partial charge in [-0.1, -0.05) is 23.5 Å². The molecule has 1 saturated carbocycles. The number of nitrogens with one attached hydrogen (secondary N) is 1. The zero-order chi connectivity index (χ0) is 13.1. The molecule has 96 valence electrons. The van der Waals surface area contributed by atoms with Crippen molar-refractivity contribution in [3.63, 3.8) is 0 Å². The van der Waals surface area contributed by atoms with Gasteiger partial charge in [0.05, 0.1) is 11.6 Å². The van der Waals surface area contributed by atoms with Gasteiger partial charge in [0.1, 0.15) is 10.0 Å². The summed E-state index contributed by atoms with van der Waals surface area (Å²) in [6, 6.07) is 10.3. The van der Waals surface area contributed by atoms with Gasteiger partial charge in [-0.2, -0.15) is 5.26 Å². The summed E-state index contributed by atoms with van der Waals surface area (Å²) in [5.41, 5.74) is 1.69. The Kier molecular flexibility index (Phi) is 3.53. The summed E-state index contributed by atoms with van der Waals surface area (Å²) in [7, 11) is 0. The molecule has 1 aromatic heterocycles. The van der Waals surface area contributed by atoms with Crippen LogP contribution in [0, 0.1) is 11.3 Å². The molecule has 0 unspecified atom stereocenters. The van der Waals surface area contributed by atoms with Crippen LogP contribution < -0.4 is 5.32 Å². The van der Waals surface area contributed by atoms with E-state index in [0.29, 0.717) is 5.56 Å². The van der Waals surface area contributed by atoms with Gasteiger partial charge < -0.3 is 5.32 Å². The average molecular weight is 270 g/mol. The van der Waals surface area contributed by atoms with Crippen LogP contribution in [0.2, 0.25) is 0 Å². The highest BCUT2D eigenvalue weighted by atomic mass is 32.1. The molecule has 3 rings (SSSR count). The lowest BCUT2D eigenvalue weighted by atomic mass is 10.2. The maximum Gasteiger partial charge on any atom is 0.147 e. The average Bonchev–Trinajstić information content (AvgIpc) is 3.15. The largest absolute Gasteiger partial charge is 0.314 e. The van der Waals surface area contributed by atoms with E-state index in [1.54, 1.807) is 11.3 Å². The SMILES string of the molecule is N#Cc1ccc(-c2nnc(CCNC3CC3)s2)cc1. The van der Waals surface area contributed by atoms with Crippen LogP contribution in [0.25, 0.3) is 10.6 Å². The fourth-order valence-corrected chi connectivity index (χ4v) is 2.67. The Morgan fingerprint density at radius 2 is 2.05 bits per heavy atom. The lowest BCUT2D eigenvalue weighted by Crippen LogP contribution is -2.19. The van der Waals surface area contributed by atoms with Crippen LogP contribution in [0.3, 0.4) is 0 Å². The molecule has 1 aromatic carbocycles. The van der Waals surface area contributed by atoms with E-state index >= 15 is 0 Å². The van der Waals surface area contributed by atoms with Crippen molar-refractivity contribution in [3.05, 3.63) is 34.8 Å². The Morgan fingerprint density at radius 1 is 1.26 bits per heavy atom. The van der Waals surface area contributed by atoms with Gasteiger partial charge >= 0.3 is 0 Å². The van der Waals surface area contributed by atoms with Gasteiger partial charge in [0.15, 0.2) is 0 Å². The number of nitrogens with zero attached hydrogens (tertiary/aromatic N) is 3. The van der Waals surface area contributed by atoms with Gasteiger partial charge in [-0.15, -0.1) is 10.2 Å². The molecule has 0 atom stereocenters. The zero-order valence-electron chi connectivity index (χ0n) is 10.5. The maximum atomic E-state index is 8.77. The summed E-state index contributed by atoms with van der Waals surface area (Å²) in [5, 5.41) is 22.7. The van der Waals surface area contributed by atoms with Crippen molar-refractivity contribution < 1.29 is 0 Å². The molecule has 1 heterocycles. The molecule has 1 aliphatic rings. The Labute approximate surface area is 116 Å². The Balaban J connectivity index is 1.63. The van der Waals surface area contributed by atoms with E-state index in [1.807, 2.05) is 24.3 Å². The first-order valence-corrected chi connectivity index (χ1v) is 7.23. The summed E-state index contributed by atoms with van der Waals surface area (Å²) in [6.07, 6.45) is 3.56. The topological polar surface area (TPSA) is 61.6 Å². The predicted octanol–water partition coefficient (Wildman–Crippen LogP) is 2.37. The third-order valence-corrected chi connectivity index (χ3v) is 4.11. The predicted molar refractivity (Wildman–Crippen MR) is 74.8 cm³/mol. The molecule has 0 saturated heterocycles. The van der Waals surface area contributed by atoms with Crippen molar-refractivity contribution in [3.8, 4) is 16.6 Å². The summed E-state index contributed by atoms with van der Waals surface area (Å²) in [5.74, 6) is 0. The number of benzene rings is 1. The number of nitriles is 1. The first-order valence-electron chi connectivity index (χ1n) is 6.41. The van der Waals surface area contributed by atoms with Crippen molar-refractivity contribution in [2.45, 2.75) is 25.3 Å². The van der Waals surface area contributed by atoms with E-state index in [-0.39, 0.29) is 0 Å². The minimum Gasteiger partial charge on any atom is -0.314 e. The summed E-state index contributed by atoms with van der Waals surface area (Å²) >= 11 is 1.63. The van der Waals surface area contributed by atoms with Crippen molar-refractivity contribution in [2.75, 3.05) is 6.54 Å². The lowest BCUT2D eigenvalue weighted by Gasteiger charge is -1.98. The van der Waals surface area contributed by atoms with Gasteiger partial charge in [-0.25, -0.2) is 0 Å². The van der Waals surface area contributed by atoms with Gasteiger partial charge in [0.2, 0.25) is 0 Å². The maximum absolute atomic E-state index is 8.77. The molecule has 0 spiro atoms. The standard InChI is InChI=1S/C14H14N4S/c15-9-10-1-3-11(4-2-10)14-18-17-13(19-14)7-8-16-12-5-6-12/h1-4,12,16H,5-8H2. The van der Waals surface area contributed by atoms with Crippen LogP contribution in [-0.2, 0) is 6.42 Å². The molecular weight excluding hydrogens is 256 g/mol. The minimum atomic E-state index is 0.669. The molecule has 1 N–H and O–H groups in total. The van der Waals surface area contributed by atoms with E-state index in [2.05, 4.69) is 21.6 Å². The Bertz CT molecular complexity index is 593. The highest BCUT2D eigenvalue weighted by molar-refractivity contribution is 7.14. The van der Waals surface area contributed by atoms with Crippen molar-refractivity contribution in [1.29, 1.82) is 5.26 Å². The Hall–Kier alpha value is -1.77. The lowest BCUT2D eigenvalue weighted by molar-refractivity contribution is 0.677. The number of hydrogen-bond acceptors (Lipinski definition) is 5. The molecular formula is C14H14N4S. The first-order chi connectivity index (χ1) is 9.35. The van der Waals surface area contributed by atoms with E-state index in [1.165, 1.54) is 12.8 Å². The monoisotopic (exact) mass is 270 g/mol. The Morgan fingerprint density at radius 3 is 2.74 bits per heavy atom. The first kappa shape index (κ1) is 12.3. The molecule has 0 radical (unpaired) electrons. The second-order valence-electron chi connectivity index (χ2n) is 4.67. The molecule has 5 heteroatoms. The quantitative estimate of drug-likeness (QED) is 0.906. The van der Waals surface area contributed by atoms with Crippen LogP contribution in [0.5, 0.6) is 0 Å². The van der Waals surface area contributed by atoms with Gasteiger partial charge in [-0.3, -0.25) is 0 Å². The van der Waals surface area contributed by atoms with Crippen LogP contribution in [0.1, 0.15) is 23.4 Å². The molecule has 4 nitrogen and oxygen atoms in total. The van der Waals surface area contributed by atoms with E-state index in [9.17, 15) is 0 Å². The van der Waals surface area contributed by atoms with E-state index in [0.717, 1.165) is 34.6 Å². The third-order valence-electron chi connectivity index (χ3n) is 3.08. The highest BCUT2D eigenvalue weighted by Gasteiger charge is 2.19. The molecule has 2 aromatic rings. The fraction of sp³-hybridized carbons (Fsp3) is 0.357. The smallest absolute Gasteiger partial charge is 0.147 e. The summed E-state index contributed by atoms with van der Waals surface area (Å²) < 4.78 is 0. The molecule has 0 aliphatic heterocycles. The number of aromatic nitrogens is 2. The summed E-state index contributed by atoms with van der Waals surface area (Å²) in [6.45, 7) is 0.979. The van der Waals surface area contributed by atoms with Crippen molar-refractivity contribution >= 4 is 11.3 Å². The molecule has 0 bridgehead atoms. The van der Waals surface area contributed by atoms with Crippen LogP contribution in [0.4, 0.5) is 0 Å². The van der Waals surface area contributed by atoms with Gasteiger partial charge in [0, 0.05) is 24.6 Å². The molecule has 0 amide bonds.